The first-order valence-electron chi connectivity index (χ1n) is 11.3. The molecule has 0 saturated heterocycles. The number of nitrogens with zero attached hydrogens (tertiary/aromatic N) is 1. The highest BCUT2D eigenvalue weighted by molar-refractivity contribution is 5.75. The Hall–Kier alpha value is -1.29. The Bertz CT molecular complexity index is 474. The summed E-state index contributed by atoms with van der Waals surface area (Å²) in [4.78, 5) is 14.8. The van der Waals surface area contributed by atoms with Gasteiger partial charge in [-0.25, -0.2) is 4.57 Å². The molecular formula is C23H42ClN3O. The molecule has 0 bridgehead atoms. The third-order valence-corrected chi connectivity index (χ3v) is 4.96. The van der Waals surface area contributed by atoms with Crippen LogP contribution in [-0.2, 0) is 11.3 Å². The van der Waals surface area contributed by atoms with Gasteiger partial charge in [-0.3, -0.25) is 9.78 Å². The molecule has 0 unspecified atom stereocenters. The zero-order chi connectivity index (χ0) is 19.4. The lowest BCUT2D eigenvalue weighted by molar-refractivity contribution is -0.693. The maximum atomic E-state index is 11.8. The van der Waals surface area contributed by atoms with E-state index in [1.165, 1.54) is 77.0 Å². The highest BCUT2D eigenvalue weighted by Crippen LogP contribution is 2.09. The smallest absolute Gasteiger partial charge is 0.241 e. The average Bonchev–Trinajstić information content (AvgIpc) is 3.18. The van der Waals surface area contributed by atoms with Crippen molar-refractivity contribution in [1.82, 2.24) is 10.3 Å². The number of aromatic nitrogens is 2. The first-order valence-corrected chi connectivity index (χ1v) is 11.3. The van der Waals surface area contributed by atoms with Crippen molar-refractivity contribution in [2.45, 2.75) is 103 Å². The van der Waals surface area contributed by atoms with Crippen LogP contribution < -0.4 is 22.3 Å². The van der Waals surface area contributed by atoms with Crippen molar-refractivity contribution in [2.75, 3.05) is 6.54 Å². The van der Waals surface area contributed by atoms with Crippen LogP contribution in [0, 0.1) is 0 Å². The maximum Gasteiger partial charge on any atom is 0.241 e. The van der Waals surface area contributed by atoms with Crippen LogP contribution in [0.4, 0.5) is 0 Å². The van der Waals surface area contributed by atoms with E-state index in [9.17, 15) is 4.79 Å². The van der Waals surface area contributed by atoms with Gasteiger partial charge in [-0.15, -0.1) is 0 Å². The lowest BCUT2D eigenvalue weighted by Gasteiger charge is -2.04. The van der Waals surface area contributed by atoms with Gasteiger partial charge in [-0.1, -0.05) is 70.4 Å². The maximum absolute atomic E-state index is 11.8. The number of amides is 1. The monoisotopic (exact) mass is 411 g/mol. The predicted molar refractivity (Wildman–Crippen MR) is 113 cm³/mol. The van der Waals surface area contributed by atoms with Crippen molar-refractivity contribution in [3.8, 4) is 0 Å². The average molecular weight is 412 g/mol. The van der Waals surface area contributed by atoms with E-state index in [-0.39, 0.29) is 18.3 Å². The number of hydrogen-bond donors (Lipinski definition) is 2. The number of carbonyl (C=O) groups is 1. The number of halogens is 1. The van der Waals surface area contributed by atoms with E-state index >= 15 is 0 Å². The lowest BCUT2D eigenvalue weighted by Crippen LogP contribution is -3.00. The normalized spacial score (nSPS) is 10.9. The molecule has 0 aliphatic rings. The van der Waals surface area contributed by atoms with Crippen LogP contribution in [0.5, 0.6) is 0 Å². The van der Waals surface area contributed by atoms with E-state index in [1.807, 2.05) is 23.3 Å². The van der Waals surface area contributed by atoms with Crippen LogP contribution >= 0.6 is 0 Å². The predicted octanol–water partition coefficient (Wildman–Crippen LogP) is 2.46. The molecule has 1 aromatic heterocycles. The second-order valence-corrected chi connectivity index (χ2v) is 7.53. The Labute approximate surface area is 179 Å². The Morgan fingerprint density at radius 1 is 0.929 bits per heavy atom. The summed E-state index contributed by atoms with van der Waals surface area (Å²) in [6, 6.07) is 0. The number of allylic oxidation sites excluding steroid dienone is 2. The van der Waals surface area contributed by atoms with Gasteiger partial charge < -0.3 is 17.7 Å². The fraction of sp³-hybridized carbons (Fsp3) is 0.739. The standard InChI is InChI=1S/C23H41N3O.ClH/c1-2-3-4-5-6-7-8-9-10-11-12-13-14-15-16-17-23(27)25-19-21-26-20-18-24-22-26;/h9-10,18,20,22H,2-8,11-17,19,21H2,1H3,(H,25,27);1H/b10-9-;. The topological polar surface area (TPSA) is 48.8 Å². The lowest BCUT2D eigenvalue weighted by atomic mass is 10.1. The number of imidazole rings is 1. The molecule has 0 aromatic carbocycles. The number of carbonyl (C=O) groups excluding carboxylic acids is 1. The van der Waals surface area contributed by atoms with Crippen LogP contribution in [0.25, 0.3) is 0 Å². The number of H-pyrrole nitrogens is 1. The summed E-state index contributed by atoms with van der Waals surface area (Å²) in [5.74, 6) is 0.184. The fourth-order valence-corrected chi connectivity index (χ4v) is 3.23. The number of aromatic amines is 1. The van der Waals surface area contributed by atoms with E-state index in [1.54, 1.807) is 0 Å². The molecule has 2 N–H and O–H groups in total. The Morgan fingerprint density at radius 3 is 2.14 bits per heavy atom. The van der Waals surface area contributed by atoms with Crippen molar-refractivity contribution in [2.24, 2.45) is 0 Å². The summed E-state index contributed by atoms with van der Waals surface area (Å²) in [6.07, 6.45) is 27.9. The quantitative estimate of drug-likeness (QED) is 0.217. The first-order chi connectivity index (χ1) is 13.3. The third-order valence-electron chi connectivity index (χ3n) is 4.96. The molecule has 162 valence electrons. The second kappa shape index (κ2) is 20.4. The Balaban J connectivity index is 0.00000729. The SMILES string of the molecule is CCCCCCCC/C=C\CCCCCCCC(=O)NCC[n+]1cc[nH]c1.[Cl-]. The molecule has 0 fully saturated rings. The van der Waals surface area contributed by atoms with Gasteiger partial charge in [-0.2, -0.15) is 0 Å². The van der Waals surface area contributed by atoms with Gasteiger partial charge in [-0.05, 0) is 32.1 Å². The summed E-state index contributed by atoms with van der Waals surface area (Å²) in [5, 5.41) is 2.99. The fourth-order valence-electron chi connectivity index (χ4n) is 3.23. The summed E-state index contributed by atoms with van der Waals surface area (Å²) in [5.41, 5.74) is 0. The minimum atomic E-state index is 0. The molecule has 1 amide bonds. The molecule has 28 heavy (non-hydrogen) atoms. The summed E-state index contributed by atoms with van der Waals surface area (Å²) >= 11 is 0. The second-order valence-electron chi connectivity index (χ2n) is 7.53. The largest absolute Gasteiger partial charge is 1.00 e. The third kappa shape index (κ3) is 16.9. The molecule has 0 saturated carbocycles. The highest BCUT2D eigenvalue weighted by Gasteiger charge is 2.02. The van der Waals surface area contributed by atoms with Crippen molar-refractivity contribution in [3.05, 3.63) is 30.9 Å². The minimum Gasteiger partial charge on any atom is -1.00 e. The molecule has 0 aliphatic carbocycles. The molecule has 0 spiro atoms. The molecule has 5 heteroatoms. The van der Waals surface area contributed by atoms with Crippen LogP contribution in [0.3, 0.4) is 0 Å². The van der Waals surface area contributed by atoms with Gasteiger partial charge in [0.15, 0.2) is 0 Å². The van der Waals surface area contributed by atoms with E-state index < -0.39 is 0 Å². The van der Waals surface area contributed by atoms with E-state index in [0.29, 0.717) is 13.0 Å². The van der Waals surface area contributed by atoms with Crippen LogP contribution in [0.15, 0.2) is 30.9 Å². The number of nitrogens with one attached hydrogen (secondary N) is 2. The van der Waals surface area contributed by atoms with Gasteiger partial charge in [0.05, 0.1) is 6.54 Å². The minimum absolute atomic E-state index is 0. The zero-order valence-corrected chi connectivity index (χ0v) is 18.7. The zero-order valence-electron chi connectivity index (χ0n) is 17.9. The molecule has 1 rings (SSSR count). The molecule has 1 aromatic rings. The molecule has 0 atom stereocenters. The van der Waals surface area contributed by atoms with Gasteiger partial charge in [0.2, 0.25) is 12.2 Å². The summed E-state index contributed by atoms with van der Waals surface area (Å²) < 4.78 is 2.03. The number of unbranched alkanes of at least 4 members (excludes halogenated alkanes) is 11. The Kier molecular flexibility index (Phi) is 19.5. The molecule has 1 heterocycles. The number of hydrogen-bond acceptors (Lipinski definition) is 1. The van der Waals surface area contributed by atoms with E-state index in [0.717, 1.165) is 13.0 Å². The molecule has 0 aliphatic heterocycles. The van der Waals surface area contributed by atoms with Gasteiger partial charge >= 0.3 is 0 Å². The van der Waals surface area contributed by atoms with Crippen LogP contribution in [0.1, 0.15) is 96.8 Å². The van der Waals surface area contributed by atoms with Crippen LogP contribution in [-0.4, -0.2) is 17.4 Å². The van der Waals surface area contributed by atoms with E-state index in [4.69, 9.17) is 0 Å². The van der Waals surface area contributed by atoms with Crippen molar-refractivity contribution < 1.29 is 21.8 Å². The van der Waals surface area contributed by atoms with Crippen LogP contribution in [0.2, 0.25) is 0 Å². The molecule has 4 nitrogen and oxygen atoms in total. The first kappa shape index (κ1) is 26.7. The van der Waals surface area contributed by atoms with Gasteiger partial charge in [0.25, 0.3) is 0 Å². The van der Waals surface area contributed by atoms with Crippen molar-refractivity contribution in [1.29, 1.82) is 0 Å². The van der Waals surface area contributed by atoms with Gasteiger partial charge in [0, 0.05) is 6.42 Å². The number of rotatable bonds is 18. The molecular weight excluding hydrogens is 370 g/mol. The molecule has 0 radical (unpaired) electrons. The highest BCUT2D eigenvalue weighted by atomic mass is 35.5. The van der Waals surface area contributed by atoms with Crippen molar-refractivity contribution >= 4 is 5.91 Å². The van der Waals surface area contributed by atoms with Gasteiger partial charge in [0.1, 0.15) is 18.9 Å². The summed E-state index contributed by atoms with van der Waals surface area (Å²) in [7, 11) is 0. The van der Waals surface area contributed by atoms with Crippen molar-refractivity contribution in [3.63, 3.8) is 0 Å². The van der Waals surface area contributed by atoms with E-state index in [2.05, 4.69) is 29.4 Å². The Morgan fingerprint density at radius 2 is 1.54 bits per heavy atom. The summed E-state index contributed by atoms with van der Waals surface area (Å²) in [6.45, 7) is 3.79.